The van der Waals surface area contributed by atoms with Gasteiger partial charge in [-0.2, -0.15) is 0 Å². The minimum Gasteiger partial charge on any atom is -0.467 e. The molecule has 3 N–H and O–H groups in total. The second-order valence-electron chi connectivity index (χ2n) is 6.35. The number of methoxy groups -OCH3 is 1. The van der Waals surface area contributed by atoms with Crippen molar-refractivity contribution in [1.82, 2.24) is 5.32 Å². The van der Waals surface area contributed by atoms with Crippen molar-refractivity contribution in [1.29, 1.82) is 0 Å². The lowest BCUT2D eigenvalue weighted by Gasteiger charge is -2.19. The molecule has 0 aliphatic heterocycles. The van der Waals surface area contributed by atoms with E-state index in [-0.39, 0.29) is 11.8 Å². The Hall–Kier alpha value is -2.82. The number of esters is 1. The highest BCUT2D eigenvalue weighted by Gasteiger charge is 2.24. The Morgan fingerprint density at radius 1 is 1.12 bits per heavy atom. The number of rotatable bonds is 6. The van der Waals surface area contributed by atoms with Gasteiger partial charge in [-0.05, 0) is 41.7 Å². The Morgan fingerprint density at radius 2 is 1.80 bits per heavy atom. The topological polar surface area (TPSA) is 81.4 Å². The molecule has 1 amide bonds. The maximum Gasteiger partial charge on any atom is 0.328 e. The Labute approximate surface area is 148 Å². The zero-order chi connectivity index (χ0) is 18.4. The van der Waals surface area contributed by atoms with Gasteiger partial charge in [0.2, 0.25) is 0 Å². The fourth-order valence-corrected chi connectivity index (χ4v) is 2.68. The molecule has 0 aromatic heterocycles. The van der Waals surface area contributed by atoms with Crippen LogP contribution in [-0.4, -0.2) is 25.0 Å². The number of ether oxygens (including phenoxy) is 1. The molecule has 0 saturated heterocycles. The number of hydrogen-bond donors (Lipinski definition) is 2. The van der Waals surface area contributed by atoms with Crippen molar-refractivity contribution >= 4 is 17.6 Å². The molecule has 5 heteroatoms. The molecule has 132 valence electrons. The third-order valence-electron chi connectivity index (χ3n) is 3.87. The number of hydrogen-bond acceptors (Lipinski definition) is 4. The highest BCUT2D eigenvalue weighted by molar-refractivity contribution is 6.03. The Morgan fingerprint density at radius 3 is 2.40 bits per heavy atom. The summed E-state index contributed by atoms with van der Waals surface area (Å²) in [6.45, 7) is 3.97. The second-order valence-corrected chi connectivity index (χ2v) is 6.35. The zero-order valence-corrected chi connectivity index (χ0v) is 14.8. The predicted octanol–water partition coefficient (Wildman–Crippen LogP) is 3.25. The van der Waals surface area contributed by atoms with Crippen LogP contribution < -0.4 is 11.1 Å². The van der Waals surface area contributed by atoms with Crippen molar-refractivity contribution in [2.75, 3.05) is 12.8 Å². The van der Waals surface area contributed by atoms with Crippen LogP contribution in [0.25, 0.3) is 11.1 Å². The predicted molar refractivity (Wildman–Crippen MR) is 99.0 cm³/mol. The zero-order valence-electron chi connectivity index (χ0n) is 14.8. The van der Waals surface area contributed by atoms with E-state index in [1.165, 1.54) is 7.11 Å². The lowest BCUT2D eigenvalue weighted by Crippen LogP contribution is -2.42. The Bertz CT molecular complexity index is 742. The molecule has 0 fully saturated rings. The molecule has 2 rings (SSSR count). The molecule has 0 aliphatic rings. The highest BCUT2D eigenvalue weighted by Crippen LogP contribution is 2.26. The molecular weight excluding hydrogens is 316 g/mol. The first-order valence-electron chi connectivity index (χ1n) is 8.26. The van der Waals surface area contributed by atoms with Crippen LogP contribution in [0, 0.1) is 5.92 Å². The minimum atomic E-state index is -0.682. The van der Waals surface area contributed by atoms with Crippen molar-refractivity contribution in [3.63, 3.8) is 0 Å². The summed E-state index contributed by atoms with van der Waals surface area (Å²) in [5, 5.41) is 2.79. The van der Waals surface area contributed by atoms with Gasteiger partial charge in [-0.25, -0.2) is 4.79 Å². The lowest BCUT2D eigenvalue weighted by molar-refractivity contribution is -0.143. The second kappa shape index (κ2) is 8.33. The van der Waals surface area contributed by atoms with Crippen LogP contribution in [0.1, 0.15) is 30.6 Å². The quantitative estimate of drug-likeness (QED) is 0.625. The number of carbonyl (C=O) groups is 2. The number of anilines is 1. The molecule has 0 spiro atoms. The fraction of sp³-hybridized carbons (Fsp3) is 0.300. The first-order chi connectivity index (χ1) is 11.9. The van der Waals surface area contributed by atoms with Gasteiger partial charge in [0, 0.05) is 11.3 Å². The lowest BCUT2D eigenvalue weighted by atomic mass is 9.97. The number of nitrogens with two attached hydrogens (primary N) is 1. The summed E-state index contributed by atoms with van der Waals surface area (Å²) in [7, 11) is 1.32. The minimum absolute atomic E-state index is 0.240. The van der Waals surface area contributed by atoms with E-state index in [2.05, 4.69) is 5.32 Å². The molecular formula is C20H24N2O3. The van der Waals surface area contributed by atoms with Gasteiger partial charge in [0.1, 0.15) is 6.04 Å². The van der Waals surface area contributed by atoms with Crippen molar-refractivity contribution in [2.45, 2.75) is 26.3 Å². The molecule has 0 unspecified atom stereocenters. The summed E-state index contributed by atoms with van der Waals surface area (Å²) in [6, 6.07) is 14.0. The standard InChI is InChI=1S/C20H24N2O3/c1-13(2)11-18(20(24)25-3)22-19(23)16-10-9-15(21)12-17(16)14-7-5-4-6-8-14/h4-10,12-13,18H,11,21H2,1-3H3,(H,22,23)/t18-/m0/s1. The number of amides is 1. The van der Waals surface area contributed by atoms with E-state index in [0.29, 0.717) is 17.7 Å². The van der Waals surface area contributed by atoms with Crippen LogP contribution in [0.3, 0.4) is 0 Å². The average molecular weight is 340 g/mol. The average Bonchev–Trinajstić information content (AvgIpc) is 2.60. The summed E-state index contributed by atoms with van der Waals surface area (Å²) in [5.41, 5.74) is 8.55. The molecule has 0 radical (unpaired) electrons. The van der Waals surface area contributed by atoms with E-state index < -0.39 is 12.0 Å². The van der Waals surface area contributed by atoms with Gasteiger partial charge in [0.25, 0.3) is 5.91 Å². The molecule has 1 atom stereocenters. The van der Waals surface area contributed by atoms with Gasteiger partial charge in [0.05, 0.1) is 7.11 Å². The van der Waals surface area contributed by atoms with Gasteiger partial charge in [-0.3, -0.25) is 4.79 Å². The fourth-order valence-electron chi connectivity index (χ4n) is 2.68. The van der Waals surface area contributed by atoms with Crippen LogP contribution in [-0.2, 0) is 9.53 Å². The van der Waals surface area contributed by atoms with Crippen molar-refractivity contribution in [3.05, 3.63) is 54.1 Å². The summed E-state index contributed by atoms with van der Waals surface area (Å²) < 4.78 is 4.81. The van der Waals surface area contributed by atoms with Crippen molar-refractivity contribution in [3.8, 4) is 11.1 Å². The van der Waals surface area contributed by atoms with Crippen LogP contribution in [0.2, 0.25) is 0 Å². The SMILES string of the molecule is COC(=O)[C@H](CC(C)C)NC(=O)c1ccc(N)cc1-c1ccccc1. The summed E-state index contributed by atoms with van der Waals surface area (Å²) in [5.74, 6) is -0.530. The van der Waals surface area contributed by atoms with E-state index in [1.54, 1.807) is 18.2 Å². The van der Waals surface area contributed by atoms with E-state index in [9.17, 15) is 9.59 Å². The summed E-state index contributed by atoms with van der Waals surface area (Å²) >= 11 is 0. The van der Waals surface area contributed by atoms with E-state index in [4.69, 9.17) is 10.5 Å². The van der Waals surface area contributed by atoms with Crippen LogP contribution in [0.15, 0.2) is 48.5 Å². The molecule has 0 heterocycles. The van der Waals surface area contributed by atoms with Gasteiger partial charge in [-0.1, -0.05) is 44.2 Å². The molecule has 0 aliphatic carbocycles. The first-order valence-corrected chi connectivity index (χ1v) is 8.26. The summed E-state index contributed by atoms with van der Waals surface area (Å²) in [6.07, 6.45) is 0.508. The number of nitrogen functional groups attached to an aromatic ring is 1. The van der Waals surface area contributed by atoms with Crippen LogP contribution in [0.4, 0.5) is 5.69 Å². The molecule has 0 saturated carbocycles. The van der Waals surface area contributed by atoms with Gasteiger partial charge in [0.15, 0.2) is 0 Å². The molecule has 0 bridgehead atoms. The molecule has 5 nitrogen and oxygen atoms in total. The third-order valence-corrected chi connectivity index (χ3v) is 3.87. The van der Waals surface area contributed by atoms with Crippen LogP contribution in [0.5, 0.6) is 0 Å². The van der Waals surface area contributed by atoms with Gasteiger partial charge in [-0.15, -0.1) is 0 Å². The van der Waals surface area contributed by atoms with E-state index in [1.807, 2.05) is 44.2 Å². The maximum absolute atomic E-state index is 12.8. The number of nitrogens with one attached hydrogen (secondary N) is 1. The normalized spacial score (nSPS) is 11.8. The van der Waals surface area contributed by atoms with Crippen molar-refractivity contribution < 1.29 is 14.3 Å². The van der Waals surface area contributed by atoms with E-state index >= 15 is 0 Å². The van der Waals surface area contributed by atoms with E-state index in [0.717, 1.165) is 11.1 Å². The maximum atomic E-state index is 12.8. The third kappa shape index (κ3) is 4.83. The largest absolute Gasteiger partial charge is 0.467 e. The first kappa shape index (κ1) is 18.5. The smallest absolute Gasteiger partial charge is 0.328 e. The molecule has 25 heavy (non-hydrogen) atoms. The molecule has 2 aromatic rings. The van der Waals surface area contributed by atoms with Gasteiger partial charge < -0.3 is 15.8 Å². The number of benzene rings is 2. The van der Waals surface area contributed by atoms with Crippen molar-refractivity contribution in [2.24, 2.45) is 5.92 Å². The Kier molecular flexibility index (Phi) is 6.17. The van der Waals surface area contributed by atoms with Gasteiger partial charge >= 0.3 is 5.97 Å². The monoisotopic (exact) mass is 340 g/mol. The van der Waals surface area contributed by atoms with Crippen LogP contribution >= 0.6 is 0 Å². The molecule has 2 aromatic carbocycles. The number of carbonyl (C=O) groups excluding carboxylic acids is 2. The highest BCUT2D eigenvalue weighted by atomic mass is 16.5. The Balaban J connectivity index is 2.34. The summed E-state index contributed by atoms with van der Waals surface area (Å²) in [4.78, 5) is 24.8.